The van der Waals surface area contributed by atoms with Crippen LogP contribution in [0.4, 0.5) is 0 Å². The van der Waals surface area contributed by atoms with Gasteiger partial charge in [-0.15, -0.1) is 0 Å². The second-order valence-corrected chi connectivity index (χ2v) is 5.54. The fourth-order valence-electron chi connectivity index (χ4n) is 2.35. The Morgan fingerprint density at radius 1 is 1.16 bits per heavy atom. The van der Waals surface area contributed by atoms with Crippen molar-refractivity contribution in [3.8, 4) is 0 Å². The van der Waals surface area contributed by atoms with E-state index >= 15 is 0 Å². The van der Waals surface area contributed by atoms with Crippen LogP contribution in [0.1, 0.15) is 18.9 Å². The number of nitrogens with one attached hydrogen (secondary N) is 1. The van der Waals surface area contributed by atoms with Crippen LogP contribution in [0.5, 0.6) is 0 Å². The number of aromatic nitrogens is 2. The molecule has 7 nitrogen and oxygen atoms in total. The lowest BCUT2D eigenvalue weighted by molar-refractivity contribution is -0.121. The Morgan fingerprint density at radius 3 is 2.64 bits per heavy atom. The molecule has 0 aliphatic carbocycles. The first-order valence-electron chi connectivity index (χ1n) is 8.30. The van der Waals surface area contributed by atoms with Gasteiger partial charge in [0.15, 0.2) is 0 Å². The standard InChI is InChI=1S/C18H23N3O4/c1-2-25-12-6-10-19-16(22)14-21-17(23)9-11-20(18(21)24)13-15-7-4-3-5-8-15/h3-5,7-9,11H,2,6,10,12-14H2,1H3,(H,19,22). The third-order valence-electron chi connectivity index (χ3n) is 3.63. The first-order chi connectivity index (χ1) is 12.1. The zero-order valence-electron chi connectivity index (χ0n) is 14.3. The Balaban J connectivity index is 2.03. The Labute approximate surface area is 145 Å². The highest BCUT2D eigenvalue weighted by atomic mass is 16.5. The number of nitrogens with zero attached hydrogens (tertiary/aromatic N) is 2. The van der Waals surface area contributed by atoms with Crippen LogP contribution in [-0.4, -0.2) is 34.8 Å². The predicted molar refractivity (Wildman–Crippen MR) is 94.6 cm³/mol. The van der Waals surface area contributed by atoms with Crippen molar-refractivity contribution in [3.05, 3.63) is 69.0 Å². The van der Waals surface area contributed by atoms with Gasteiger partial charge in [-0.3, -0.25) is 18.7 Å². The SMILES string of the molecule is CCOCCCNC(=O)Cn1c(=O)ccn(Cc2ccccc2)c1=O. The van der Waals surface area contributed by atoms with Crippen LogP contribution in [0, 0.1) is 0 Å². The summed E-state index contributed by atoms with van der Waals surface area (Å²) < 4.78 is 7.55. The van der Waals surface area contributed by atoms with Crippen molar-refractivity contribution in [2.45, 2.75) is 26.4 Å². The second-order valence-electron chi connectivity index (χ2n) is 5.54. The molecule has 1 heterocycles. The summed E-state index contributed by atoms with van der Waals surface area (Å²) in [6, 6.07) is 10.7. The van der Waals surface area contributed by atoms with E-state index in [1.54, 1.807) is 0 Å². The summed E-state index contributed by atoms with van der Waals surface area (Å²) in [5, 5.41) is 2.69. The summed E-state index contributed by atoms with van der Waals surface area (Å²) in [5.74, 6) is -0.367. The summed E-state index contributed by atoms with van der Waals surface area (Å²) in [6.07, 6.45) is 2.13. The molecular weight excluding hydrogens is 322 g/mol. The van der Waals surface area contributed by atoms with Crippen molar-refractivity contribution in [2.24, 2.45) is 0 Å². The van der Waals surface area contributed by atoms with Crippen molar-refractivity contribution in [1.29, 1.82) is 0 Å². The number of rotatable bonds is 9. The summed E-state index contributed by atoms with van der Waals surface area (Å²) in [7, 11) is 0. The third kappa shape index (κ3) is 5.72. The highest BCUT2D eigenvalue weighted by molar-refractivity contribution is 5.75. The summed E-state index contributed by atoms with van der Waals surface area (Å²) in [6.45, 7) is 3.59. The lowest BCUT2D eigenvalue weighted by Gasteiger charge is -2.10. The van der Waals surface area contributed by atoms with E-state index in [2.05, 4.69) is 5.32 Å². The molecule has 0 atom stereocenters. The van der Waals surface area contributed by atoms with E-state index in [4.69, 9.17) is 4.74 Å². The van der Waals surface area contributed by atoms with Gasteiger partial charge in [0.2, 0.25) is 5.91 Å². The smallest absolute Gasteiger partial charge is 0.331 e. The van der Waals surface area contributed by atoms with Crippen LogP contribution in [0.3, 0.4) is 0 Å². The van der Waals surface area contributed by atoms with Crippen molar-refractivity contribution >= 4 is 5.91 Å². The minimum Gasteiger partial charge on any atom is -0.382 e. The molecule has 1 amide bonds. The number of amides is 1. The molecular formula is C18H23N3O4. The van der Waals surface area contributed by atoms with E-state index in [1.165, 1.54) is 16.8 Å². The normalized spacial score (nSPS) is 10.6. The molecule has 1 aromatic carbocycles. The summed E-state index contributed by atoms with van der Waals surface area (Å²) in [5.41, 5.74) is -0.0465. The minimum absolute atomic E-state index is 0.290. The number of benzene rings is 1. The highest BCUT2D eigenvalue weighted by Gasteiger charge is 2.10. The van der Waals surface area contributed by atoms with Gasteiger partial charge < -0.3 is 10.1 Å². The van der Waals surface area contributed by atoms with Crippen LogP contribution < -0.4 is 16.6 Å². The van der Waals surface area contributed by atoms with Gasteiger partial charge in [0.25, 0.3) is 5.56 Å². The first-order valence-corrected chi connectivity index (χ1v) is 8.30. The van der Waals surface area contributed by atoms with E-state index in [-0.39, 0.29) is 12.5 Å². The molecule has 7 heteroatoms. The molecule has 1 N–H and O–H groups in total. The van der Waals surface area contributed by atoms with Crippen LogP contribution in [0.25, 0.3) is 0 Å². The molecule has 2 aromatic rings. The monoisotopic (exact) mass is 345 g/mol. The molecule has 0 fully saturated rings. The fraction of sp³-hybridized carbons (Fsp3) is 0.389. The Kier molecular flexibility index (Phi) is 7.16. The summed E-state index contributed by atoms with van der Waals surface area (Å²) in [4.78, 5) is 36.4. The molecule has 2 rings (SSSR count). The Hall–Kier alpha value is -2.67. The second kappa shape index (κ2) is 9.58. The molecule has 0 saturated carbocycles. The van der Waals surface area contributed by atoms with E-state index in [0.29, 0.717) is 32.7 Å². The average Bonchev–Trinajstić information content (AvgIpc) is 2.62. The topological polar surface area (TPSA) is 82.3 Å². The van der Waals surface area contributed by atoms with E-state index in [1.807, 2.05) is 37.3 Å². The quantitative estimate of drug-likeness (QED) is 0.675. The van der Waals surface area contributed by atoms with Gasteiger partial charge in [0, 0.05) is 32.0 Å². The number of carbonyl (C=O) groups excluding carboxylic acids is 1. The molecule has 0 unspecified atom stereocenters. The van der Waals surface area contributed by atoms with Crippen molar-refractivity contribution in [3.63, 3.8) is 0 Å². The molecule has 0 bridgehead atoms. The maximum Gasteiger partial charge on any atom is 0.331 e. The van der Waals surface area contributed by atoms with Gasteiger partial charge in [-0.05, 0) is 18.9 Å². The molecule has 0 radical (unpaired) electrons. The van der Waals surface area contributed by atoms with Gasteiger partial charge in [0.1, 0.15) is 6.54 Å². The first kappa shape index (κ1) is 18.7. The van der Waals surface area contributed by atoms with Crippen molar-refractivity contribution < 1.29 is 9.53 Å². The van der Waals surface area contributed by atoms with Crippen molar-refractivity contribution in [2.75, 3.05) is 19.8 Å². The van der Waals surface area contributed by atoms with E-state index in [0.717, 1.165) is 10.1 Å². The molecule has 0 aliphatic heterocycles. The van der Waals surface area contributed by atoms with Gasteiger partial charge >= 0.3 is 5.69 Å². The van der Waals surface area contributed by atoms with Crippen LogP contribution >= 0.6 is 0 Å². The maximum absolute atomic E-state index is 12.5. The average molecular weight is 345 g/mol. The number of hydrogen-bond donors (Lipinski definition) is 1. The van der Waals surface area contributed by atoms with Crippen LogP contribution in [-0.2, 0) is 22.6 Å². The van der Waals surface area contributed by atoms with Gasteiger partial charge in [0.05, 0.1) is 6.54 Å². The molecule has 0 aliphatic rings. The predicted octanol–water partition coefficient (Wildman–Crippen LogP) is 0.601. The molecule has 1 aromatic heterocycles. The number of carbonyl (C=O) groups is 1. The number of ether oxygens (including phenoxy) is 1. The van der Waals surface area contributed by atoms with Gasteiger partial charge in [-0.25, -0.2) is 4.79 Å². The van der Waals surface area contributed by atoms with E-state index in [9.17, 15) is 14.4 Å². The van der Waals surface area contributed by atoms with Crippen LogP contribution in [0.15, 0.2) is 52.2 Å². The lowest BCUT2D eigenvalue weighted by atomic mass is 10.2. The Morgan fingerprint density at radius 2 is 1.92 bits per heavy atom. The summed E-state index contributed by atoms with van der Waals surface area (Å²) >= 11 is 0. The van der Waals surface area contributed by atoms with E-state index < -0.39 is 11.2 Å². The molecule has 134 valence electrons. The lowest BCUT2D eigenvalue weighted by Crippen LogP contribution is -2.43. The molecule has 25 heavy (non-hydrogen) atoms. The largest absolute Gasteiger partial charge is 0.382 e. The minimum atomic E-state index is -0.499. The Bertz CT molecular complexity index is 796. The highest BCUT2D eigenvalue weighted by Crippen LogP contribution is 1.99. The fourth-order valence-corrected chi connectivity index (χ4v) is 2.35. The zero-order valence-corrected chi connectivity index (χ0v) is 14.3. The number of hydrogen-bond acceptors (Lipinski definition) is 4. The molecule has 0 spiro atoms. The maximum atomic E-state index is 12.5. The molecule has 0 saturated heterocycles. The van der Waals surface area contributed by atoms with Crippen molar-refractivity contribution in [1.82, 2.24) is 14.5 Å². The van der Waals surface area contributed by atoms with Crippen LogP contribution in [0.2, 0.25) is 0 Å². The van der Waals surface area contributed by atoms with Gasteiger partial charge in [-0.1, -0.05) is 30.3 Å². The van der Waals surface area contributed by atoms with Gasteiger partial charge in [-0.2, -0.15) is 0 Å². The third-order valence-corrected chi connectivity index (χ3v) is 3.63. The zero-order chi connectivity index (χ0) is 18.1.